The Morgan fingerprint density at radius 1 is 0.895 bits per heavy atom. The van der Waals surface area contributed by atoms with Crippen molar-refractivity contribution in [2.24, 2.45) is 11.8 Å². The maximum Gasteiger partial charge on any atom is 0.00683 e. The van der Waals surface area contributed by atoms with Crippen LogP contribution in [-0.2, 0) is 0 Å². The van der Waals surface area contributed by atoms with Crippen molar-refractivity contribution in [3.8, 4) is 0 Å². The van der Waals surface area contributed by atoms with Crippen LogP contribution in [0.1, 0.15) is 77.0 Å². The van der Waals surface area contributed by atoms with Crippen molar-refractivity contribution < 1.29 is 0 Å². The molecule has 1 heteroatoms. The molecule has 110 valence electrons. The van der Waals surface area contributed by atoms with Gasteiger partial charge in [-0.2, -0.15) is 0 Å². The van der Waals surface area contributed by atoms with Crippen molar-refractivity contribution in [2.75, 3.05) is 6.54 Å². The summed E-state index contributed by atoms with van der Waals surface area (Å²) in [5, 5.41) is 3.78. The van der Waals surface area contributed by atoms with Crippen LogP contribution in [0.4, 0.5) is 0 Å². The third-order valence-corrected chi connectivity index (χ3v) is 5.05. The minimum atomic E-state index is 0.886. The molecule has 1 N–H and O–H groups in total. The second-order valence-corrected chi connectivity index (χ2v) is 6.77. The van der Waals surface area contributed by atoms with Crippen LogP contribution in [0.25, 0.3) is 0 Å². The van der Waals surface area contributed by atoms with Crippen LogP contribution >= 0.6 is 0 Å². The summed E-state index contributed by atoms with van der Waals surface area (Å²) >= 11 is 0. The molecule has 0 bridgehead atoms. The fraction of sp³-hybridized carbons (Fsp3) is 0.889. The number of allylic oxidation sites excluding steroid dienone is 1. The van der Waals surface area contributed by atoms with E-state index in [2.05, 4.69) is 18.0 Å². The highest BCUT2D eigenvalue weighted by Crippen LogP contribution is 2.33. The highest BCUT2D eigenvalue weighted by Gasteiger charge is 2.26. The van der Waals surface area contributed by atoms with Gasteiger partial charge in [-0.3, -0.25) is 0 Å². The zero-order valence-corrected chi connectivity index (χ0v) is 12.7. The number of hydrogen-bond donors (Lipinski definition) is 1. The van der Waals surface area contributed by atoms with E-state index in [0.717, 1.165) is 17.9 Å². The van der Waals surface area contributed by atoms with Crippen molar-refractivity contribution in [1.82, 2.24) is 5.32 Å². The first kappa shape index (κ1) is 15.1. The molecular weight excluding hydrogens is 230 g/mol. The Labute approximate surface area is 120 Å². The van der Waals surface area contributed by atoms with Crippen LogP contribution in [0.3, 0.4) is 0 Å². The SMILES string of the molecule is C=CCCCCCC1CCCCCC1CNC1CC1. The van der Waals surface area contributed by atoms with Gasteiger partial charge in [0.2, 0.25) is 0 Å². The van der Waals surface area contributed by atoms with Crippen molar-refractivity contribution in [3.05, 3.63) is 12.7 Å². The average Bonchev–Trinajstić information content (AvgIpc) is 3.24. The minimum absolute atomic E-state index is 0.886. The average molecular weight is 263 g/mol. The zero-order chi connectivity index (χ0) is 13.3. The summed E-state index contributed by atoms with van der Waals surface area (Å²) in [6, 6.07) is 0.886. The van der Waals surface area contributed by atoms with Gasteiger partial charge in [-0.1, -0.05) is 51.0 Å². The molecule has 0 aliphatic heterocycles. The molecule has 2 rings (SSSR count). The normalized spacial score (nSPS) is 28.0. The van der Waals surface area contributed by atoms with Crippen molar-refractivity contribution in [3.63, 3.8) is 0 Å². The smallest absolute Gasteiger partial charge is 0.00683 e. The zero-order valence-electron chi connectivity index (χ0n) is 12.7. The van der Waals surface area contributed by atoms with Crippen LogP contribution in [0.2, 0.25) is 0 Å². The molecule has 19 heavy (non-hydrogen) atoms. The van der Waals surface area contributed by atoms with Crippen molar-refractivity contribution in [1.29, 1.82) is 0 Å². The third kappa shape index (κ3) is 6.12. The first-order valence-corrected chi connectivity index (χ1v) is 8.74. The highest BCUT2D eigenvalue weighted by molar-refractivity contribution is 4.84. The van der Waals surface area contributed by atoms with Crippen LogP contribution in [0, 0.1) is 11.8 Å². The molecule has 2 aliphatic carbocycles. The lowest BCUT2D eigenvalue weighted by Crippen LogP contribution is -2.29. The lowest BCUT2D eigenvalue weighted by molar-refractivity contribution is 0.275. The number of hydrogen-bond acceptors (Lipinski definition) is 1. The lowest BCUT2D eigenvalue weighted by atomic mass is 9.84. The Morgan fingerprint density at radius 2 is 1.68 bits per heavy atom. The summed E-state index contributed by atoms with van der Waals surface area (Å²) in [5.41, 5.74) is 0. The molecular formula is C18H33N. The summed E-state index contributed by atoms with van der Waals surface area (Å²) in [4.78, 5) is 0. The van der Waals surface area contributed by atoms with Gasteiger partial charge in [-0.05, 0) is 50.5 Å². The maximum absolute atomic E-state index is 3.81. The molecule has 2 unspecified atom stereocenters. The quantitative estimate of drug-likeness (QED) is 0.348. The molecule has 0 aromatic rings. The van der Waals surface area contributed by atoms with Gasteiger partial charge in [0.25, 0.3) is 0 Å². The van der Waals surface area contributed by atoms with E-state index in [1.165, 1.54) is 83.6 Å². The molecule has 0 aromatic heterocycles. The standard InChI is InChI=1S/C18H33N/c1-2-3-4-5-7-10-16-11-8-6-9-12-17(16)15-19-18-13-14-18/h2,16-19H,1,3-15H2. The summed E-state index contributed by atoms with van der Waals surface area (Å²) < 4.78 is 0. The second-order valence-electron chi connectivity index (χ2n) is 6.77. The Balaban J connectivity index is 1.66. The minimum Gasteiger partial charge on any atom is -0.314 e. The molecule has 2 atom stereocenters. The molecule has 1 nitrogen and oxygen atoms in total. The number of rotatable bonds is 9. The van der Waals surface area contributed by atoms with Crippen molar-refractivity contribution in [2.45, 2.75) is 83.1 Å². The number of nitrogens with one attached hydrogen (secondary N) is 1. The van der Waals surface area contributed by atoms with Crippen molar-refractivity contribution >= 4 is 0 Å². The van der Waals surface area contributed by atoms with E-state index in [4.69, 9.17) is 0 Å². The highest BCUT2D eigenvalue weighted by atomic mass is 14.9. The summed E-state index contributed by atoms with van der Waals surface area (Å²) in [6.07, 6.45) is 19.2. The Kier molecular flexibility index (Phi) is 6.98. The summed E-state index contributed by atoms with van der Waals surface area (Å²) in [7, 11) is 0. The first-order valence-electron chi connectivity index (χ1n) is 8.74. The van der Waals surface area contributed by atoms with E-state index in [-0.39, 0.29) is 0 Å². The number of unbranched alkanes of at least 4 members (excludes halogenated alkanes) is 3. The molecule has 0 heterocycles. The lowest BCUT2D eigenvalue weighted by Gasteiger charge is -2.25. The van der Waals surface area contributed by atoms with Gasteiger partial charge in [0.1, 0.15) is 0 Å². The monoisotopic (exact) mass is 263 g/mol. The van der Waals surface area contributed by atoms with Gasteiger partial charge >= 0.3 is 0 Å². The van der Waals surface area contributed by atoms with Gasteiger partial charge in [0.05, 0.1) is 0 Å². The van der Waals surface area contributed by atoms with Gasteiger partial charge in [0, 0.05) is 6.04 Å². The molecule has 0 saturated heterocycles. The fourth-order valence-electron chi connectivity index (χ4n) is 3.59. The van der Waals surface area contributed by atoms with E-state index in [1.807, 2.05) is 0 Å². The van der Waals surface area contributed by atoms with Crippen LogP contribution < -0.4 is 5.32 Å². The van der Waals surface area contributed by atoms with Gasteiger partial charge in [0.15, 0.2) is 0 Å². The first-order chi connectivity index (χ1) is 9.40. The fourth-order valence-corrected chi connectivity index (χ4v) is 3.59. The predicted molar refractivity (Wildman–Crippen MR) is 84.4 cm³/mol. The Morgan fingerprint density at radius 3 is 2.42 bits per heavy atom. The molecule has 2 aliphatic rings. The topological polar surface area (TPSA) is 12.0 Å². The molecule has 0 aromatic carbocycles. The van der Waals surface area contributed by atoms with E-state index >= 15 is 0 Å². The summed E-state index contributed by atoms with van der Waals surface area (Å²) in [5.74, 6) is 1.99. The summed E-state index contributed by atoms with van der Waals surface area (Å²) in [6.45, 7) is 5.12. The van der Waals surface area contributed by atoms with E-state index in [1.54, 1.807) is 0 Å². The van der Waals surface area contributed by atoms with E-state index in [9.17, 15) is 0 Å². The van der Waals surface area contributed by atoms with Crippen LogP contribution in [0.15, 0.2) is 12.7 Å². The second kappa shape index (κ2) is 8.79. The van der Waals surface area contributed by atoms with Gasteiger partial charge in [-0.25, -0.2) is 0 Å². The largest absolute Gasteiger partial charge is 0.314 e. The van der Waals surface area contributed by atoms with E-state index in [0.29, 0.717) is 0 Å². The molecule has 2 fully saturated rings. The molecule has 0 amide bonds. The Bertz CT molecular complexity index is 244. The van der Waals surface area contributed by atoms with E-state index < -0.39 is 0 Å². The molecule has 0 radical (unpaired) electrons. The van der Waals surface area contributed by atoms with Gasteiger partial charge in [-0.15, -0.1) is 6.58 Å². The predicted octanol–water partition coefficient (Wildman–Crippen LogP) is 5.07. The third-order valence-electron chi connectivity index (χ3n) is 5.05. The maximum atomic E-state index is 3.81. The van der Waals surface area contributed by atoms with Crippen LogP contribution in [-0.4, -0.2) is 12.6 Å². The van der Waals surface area contributed by atoms with Crippen LogP contribution in [0.5, 0.6) is 0 Å². The molecule has 0 spiro atoms. The molecule has 2 saturated carbocycles. The van der Waals surface area contributed by atoms with Gasteiger partial charge < -0.3 is 5.32 Å². The Hall–Kier alpha value is -0.300.